The van der Waals surface area contributed by atoms with Gasteiger partial charge in [-0.05, 0) is 30.3 Å². The molecule has 0 aliphatic carbocycles. The fourth-order valence-electron chi connectivity index (χ4n) is 1.69. The molecule has 0 aliphatic heterocycles. The van der Waals surface area contributed by atoms with Gasteiger partial charge < -0.3 is 20.4 Å². The summed E-state index contributed by atoms with van der Waals surface area (Å²) in [4.78, 5) is 12.1. The van der Waals surface area contributed by atoms with Crippen molar-refractivity contribution in [1.29, 1.82) is 0 Å². The number of hydrogen-bond acceptors (Lipinski definition) is 6. The Bertz CT molecular complexity index is 715. The monoisotopic (exact) mass is 302 g/mol. The van der Waals surface area contributed by atoms with Crippen molar-refractivity contribution in [3.05, 3.63) is 53.6 Å². The van der Waals surface area contributed by atoms with Gasteiger partial charge in [0.1, 0.15) is 12.5 Å². The first kappa shape index (κ1) is 15.3. The number of hydrazone groups is 1. The first-order chi connectivity index (χ1) is 10.5. The maximum absolute atomic E-state index is 12.1. The number of carbonyl (C=O) groups is 1. The second-order valence-corrected chi connectivity index (χ2v) is 4.35. The minimum absolute atomic E-state index is 0.0149. The van der Waals surface area contributed by atoms with Crippen LogP contribution in [0.15, 0.2) is 47.6 Å². The smallest absolute Gasteiger partial charge is 0.276 e. The Balaban J connectivity index is 2.22. The normalized spacial score (nSPS) is 10.8. The lowest BCUT2D eigenvalue weighted by Crippen LogP contribution is -2.27. The zero-order chi connectivity index (χ0) is 16.1. The van der Waals surface area contributed by atoms with Crippen molar-refractivity contribution >= 4 is 12.1 Å². The van der Waals surface area contributed by atoms with Gasteiger partial charge in [0.25, 0.3) is 5.91 Å². The van der Waals surface area contributed by atoms with E-state index < -0.39 is 18.4 Å². The first-order valence-corrected chi connectivity index (χ1v) is 6.29. The van der Waals surface area contributed by atoms with Gasteiger partial charge in [0.2, 0.25) is 0 Å². The molecule has 4 N–H and O–H groups in total. The lowest BCUT2D eigenvalue weighted by Gasteiger charge is -2.14. The number of phenols is 3. The molecule has 0 fully saturated rings. The number of carbonyl (C=O) groups excluding carboxylic acids is 1. The molecule has 2 aromatic rings. The first-order valence-electron chi connectivity index (χ1n) is 6.29. The lowest BCUT2D eigenvalue weighted by molar-refractivity contribution is 0.0565. The molecule has 0 heterocycles. The van der Waals surface area contributed by atoms with Gasteiger partial charge >= 0.3 is 0 Å². The van der Waals surface area contributed by atoms with Crippen molar-refractivity contribution in [2.24, 2.45) is 5.10 Å². The molecule has 0 saturated carbocycles. The van der Waals surface area contributed by atoms with Crippen LogP contribution in [0.3, 0.4) is 0 Å². The van der Waals surface area contributed by atoms with Gasteiger partial charge in [-0.1, -0.05) is 12.1 Å². The second kappa shape index (κ2) is 6.59. The quantitative estimate of drug-likeness (QED) is 0.293. The number of para-hydroxylation sites is 1. The average Bonchev–Trinajstić information content (AvgIpc) is 2.52. The molecule has 114 valence electrons. The number of hydrogen-bond donors (Lipinski definition) is 4. The van der Waals surface area contributed by atoms with E-state index in [-0.39, 0.29) is 17.1 Å². The molecule has 0 saturated heterocycles. The summed E-state index contributed by atoms with van der Waals surface area (Å²) < 4.78 is 0. The zero-order valence-corrected chi connectivity index (χ0v) is 11.4. The van der Waals surface area contributed by atoms with E-state index in [1.165, 1.54) is 18.3 Å². The summed E-state index contributed by atoms with van der Waals surface area (Å²) in [7, 11) is 0. The maximum Gasteiger partial charge on any atom is 0.276 e. The third-order valence-electron chi connectivity index (χ3n) is 2.86. The molecule has 0 aromatic heterocycles. The van der Waals surface area contributed by atoms with Crippen molar-refractivity contribution in [3.63, 3.8) is 0 Å². The summed E-state index contributed by atoms with van der Waals surface area (Å²) in [6, 6.07) is 9.89. The summed E-state index contributed by atoms with van der Waals surface area (Å²) in [6.45, 7) is -0.690. The highest BCUT2D eigenvalue weighted by molar-refractivity contribution is 5.95. The molecule has 0 spiro atoms. The molecule has 0 unspecified atom stereocenters. The molecular weight excluding hydrogens is 288 g/mol. The number of aliphatic hydroxyl groups excluding tert-OH is 1. The Labute approximate surface area is 126 Å². The predicted molar refractivity (Wildman–Crippen MR) is 78.7 cm³/mol. The van der Waals surface area contributed by atoms with E-state index in [0.29, 0.717) is 5.56 Å². The Hall–Kier alpha value is -3.06. The van der Waals surface area contributed by atoms with Crippen LogP contribution in [0.25, 0.3) is 0 Å². The fraction of sp³-hybridized carbons (Fsp3) is 0.0667. The second-order valence-electron chi connectivity index (χ2n) is 4.35. The molecule has 2 rings (SSSR count). The summed E-state index contributed by atoms with van der Waals surface area (Å²) >= 11 is 0. The van der Waals surface area contributed by atoms with Gasteiger partial charge in [0.15, 0.2) is 11.5 Å². The van der Waals surface area contributed by atoms with Crippen LogP contribution in [0.5, 0.6) is 17.2 Å². The molecule has 22 heavy (non-hydrogen) atoms. The number of nitrogens with zero attached hydrogens (tertiary/aromatic N) is 2. The van der Waals surface area contributed by atoms with E-state index >= 15 is 0 Å². The van der Waals surface area contributed by atoms with E-state index in [0.717, 1.165) is 17.1 Å². The summed E-state index contributed by atoms with van der Waals surface area (Å²) in [6.07, 6.45) is 1.23. The lowest BCUT2D eigenvalue weighted by atomic mass is 10.2. The van der Waals surface area contributed by atoms with Crippen molar-refractivity contribution in [1.82, 2.24) is 5.01 Å². The molecular formula is C15H14N2O5. The minimum atomic E-state index is -0.690. The third kappa shape index (κ3) is 3.33. The van der Waals surface area contributed by atoms with Crippen LogP contribution >= 0.6 is 0 Å². The van der Waals surface area contributed by atoms with E-state index in [9.17, 15) is 25.2 Å². The molecule has 0 aliphatic rings. The fourth-order valence-corrected chi connectivity index (χ4v) is 1.69. The molecule has 7 nitrogen and oxygen atoms in total. The largest absolute Gasteiger partial charge is 0.507 e. The summed E-state index contributed by atoms with van der Waals surface area (Å²) in [5.74, 6) is -1.50. The topological polar surface area (TPSA) is 114 Å². The number of phenolic OH excluding ortho intramolecular Hbond substituents is 3. The predicted octanol–water partition coefficient (Wildman–Crippen LogP) is 1.23. The Kier molecular flexibility index (Phi) is 4.60. The van der Waals surface area contributed by atoms with Gasteiger partial charge in [0.05, 0.1) is 6.21 Å². The zero-order valence-electron chi connectivity index (χ0n) is 11.4. The van der Waals surface area contributed by atoms with Crippen LogP contribution in [0, 0.1) is 0 Å². The number of benzene rings is 2. The van der Waals surface area contributed by atoms with E-state index in [4.69, 9.17) is 0 Å². The number of rotatable bonds is 4. The highest BCUT2D eigenvalue weighted by Crippen LogP contribution is 2.25. The van der Waals surface area contributed by atoms with Crippen molar-refractivity contribution < 1.29 is 25.2 Å². The van der Waals surface area contributed by atoms with Crippen LogP contribution in [-0.4, -0.2) is 44.3 Å². The third-order valence-corrected chi connectivity index (χ3v) is 2.86. The van der Waals surface area contributed by atoms with Crippen LogP contribution in [0.1, 0.15) is 15.9 Å². The Morgan fingerprint density at radius 3 is 2.41 bits per heavy atom. The molecule has 0 atom stereocenters. The highest BCUT2D eigenvalue weighted by atomic mass is 16.3. The minimum Gasteiger partial charge on any atom is -0.507 e. The van der Waals surface area contributed by atoms with Gasteiger partial charge in [-0.2, -0.15) is 5.10 Å². The molecule has 1 amide bonds. The summed E-state index contributed by atoms with van der Waals surface area (Å²) in [5, 5.41) is 42.0. The number of amides is 1. The number of aliphatic hydroxyl groups is 1. The van der Waals surface area contributed by atoms with Crippen molar-refractivity contribution in [2.45, 2.75) is 0 Å². The molecule has 0 radical (unpaired) electrons. The molecule has 2 aromatic carbocycles. The van der Waals surface area contributed by atoms with Gasteiger partial charge in [-0.15, -0.1) is 0 Å². The standard InChI is InChI=1S/C15H14N2O5/c18-9-17(16-8-11-3-1-2-4-12(11)19)15(22)10-5-6-13(20)14(21)7-10/h1-8,18-21H,9H2. The highest BCUT2D eigenvalue weighted by Gasteiger charge is 2.15. The van der Waals surface area contributed by atoms with Crippen LogP contribution in [0.4, 0.5) is 0 Å². The Morgan fingerprint density at radius 1 is 1.05 bits per heavy atom. The maximum atomic E-state index is 12.1. The van der Waals surface area contributed by atoms with Crippen molar-refractivity contribution in [2.75, 3.05) is 6.73 Å². The van der Waals surface area contributed by atoms with E-state index in [1.54, 1.807) is 18.2 Å². The van der Waals surface area contributed by atoms with Crippen LogP contribution in [-0.2, 0) is 0 Å². The average molecular weight is 302 g/mol. The van der Waals surface area contributed by atoms with Crippen LogP contribution in [0.2, 0.25) is 0 Å². The van der Waals surface area contributed by atoms with Crippen LogP contribution < -0.4 is 0 Å². The van der Waals surface area contributed by atoms with E-state index in [1.807, 2.05) is 0 Å². The summed E-state index contributed by atoms with van der Waals surface area (Å²) in [5.41, 5.74) is 0.418. The van der Waals surface area contributed by atoms with E-state index in [2.05, 4.69) is 5.10 Å². The SMILES string of the molecule is O=C(c1ccc(O)c(O)c1)N(CO)N=Cc1ccccc1O. The Morgan fingerprint density at radius 2 is 1.77 bits per heavy atom. The molecule has 0 bridgehead atoms. The van der Waals surface area contributed by atoms with Gasteiger partial charge in [0, 0.05) is 11.1 Å². The van der Waals surface area contributed by atoms with Gasteiger partial charge in [-0.25, -0.2) is 5.01 Å². The molecule has 7 heteroatoms. The van der Waals surface area contributed by atoms with Crippen molar-refractivity contribution in [3.8, 4) is 17.2 Å². The number of aromatic hydroxyl groups is 3. The van der Waals surface area contributed by atoms with Gasteiger partial charge in [-0.3, -0.25) is 4.79 Å².